The number of hydrogen-bond donors (Lipinski definition) is 0. The van der Waals surface area contributed by atoms with Crippen LogP contribution in [0.3, 0.4) is 0 Å². The van der Waals surface area contributed by atoms with Gasteiger partial charge < -0.3 is 18.0 Å². The molecule has 0 aliphatic carbocycles. The first-order valence-corrected chi connectivity index (χ1v) is 18.1. The average Bonchev–Trinajstić information content (AvgIpc) is 4.04. The maximum absolute atomic E-state index is 6.45. The van der Waals surface area contributed by atoms with Gasteiger partial charge in [-0.3, -0.25) is 0 Å². The Balaban J connectivity index is 1.09. The van der Waals surface area contributed by atoms with Crippen molar-refractivity contribution in [2.45, 2.75) is 0 Å². The lowest BCUT2D eigenvalue weighted by Crippen LogP contribution is -1.96. The second kappa shape index (κ2) is 12.1. The second-order valence-electron chi connectivity index (χ2n) is 13.6. The molecule has 11 aromatic rings. The maximum Gasteiger partial charge on any atom is 0.228 e. The molecule has 4 aromatic heterocycles. The Kier molecular flexibility index (Phi) is 6.79. The third-order valence-electron chi connectivity index (χ3n) is 10.5. The Morgan fingerprint density at radius 3 is 1.85 bits per heavy atom. The summed E-state index contributed by atoms with van der Waals surface area (Å²) in [5.41, 5.74) is 13.7. The van der Waals surface area contributed by atoms with E-state index < -0.39 is 0 Å². The Hall–Kier alpha value is -7.37. The van der Waals surface area contributed by atoms with Gasteiger partial charge in [0.25, 0.3) is 0 Å². The van der Waals surface area contributed by atoms with Crippen LogP contribution in [0.1, 0.15) is 0 Å². The van der Waals surface area contributed by atoms with Gasteiger partial charge in [0.2, 0.25) is 5.89 Å². The van der Waals surface area contributed by atoms with Crippen molar-refractivity contribution in [3.8, 4) is 56.3 Å². The molecule has 4 heterocycles. The topological polar surface area (TPSA) is 49.0 Å². The number of furan rings is 1. The molecule has 5 nitrogen and oxygen atoms in total. The zero-order valence-electron chi connectivity index (χ0n) is 29.1. The molecule has 0 atom stereocenters. The van der Waals surface area contributed by atoms with Gasteiger partial charge in [0.05, 0.1) is 28.5 Å². The molecule has 0 aliphatic rings. The summed E-state index contributed by atoms with van der Waals surface area (Å²) in [5.74, 6) is 0.579. The Morgan fingerprint density at radius 1 is 0.463 bits per heavy atom. The van der Waals surface area contributed by atoms with Crippen LogP contribution in [0.25, 0.3) is 100 Å². The molecule has 0 amide bonds. The van der Waals surface area contributed by atoms with Crippen LogP contribution in [-0.4, -0.2) is 14.1 Å². The highest BCUT2D eigenvalue weighted by Crippen LogP contribution is 2.44. The summed E-state index contributed by atoms with van der Waals surface area (Å²) in [7, 11) is 0. The van der Waals surface area contributed by atoms with Crippen molar-refractivity contribution in [3.63, 3.8) is 0 Å². The number of benzene rings is 7. The van der Waals surface area contributed by atoms with Crippen LogP contribution in [0.2, 0.25) is 0 Å². The van der Waals surface area contributed by atoms with Gasteiger partial charge in [-0.15, -0.1) is 0 Å². The maximum atomic E-state index is 6.45. The van der Waals surface area contributed by atoms with Crippen molar-refractivity contribution in [2.24, 2.45) is 0 Å². The van der Waals surface area contributed by atoms with E-state index in [2.05, 4.69) is 178 Å². The minimum atomic E-state index is 0.579. The molecule has 254 valence electrons. The van der Waals surface area contributed by atoms with Crippen LogP contribution in [-0.2, 0) is 0 Å². The average molecular weight is 694 g/mol. The number of hydrogen-bond acceptors (Lipinski definition) is 3. The molecule has 0 aliphatic heterocycles. The summed E-state index contributed by atoms with van der Waals surface area (Å²) in [6.07, 6.45) is 5.54. The van der Waals surface area contributed by atoms with Gasteiger partial charge in [-0.05, 0) is 82.9 Å². The first kappa shape index (κ1) is 30.3. The number of fused-ring (bicyclic) bond motifs is 6. The Morgan fingerprint density at radius 2 is 1.09 bits per heavy atom. The lowest BCUT2D eigenvalue weighted by Gasteiger charge is -2.11. The van der Waals surface area contributed by atoms with Crippen LogP contribution in [0.4, 0.5) is 0 Å². The van der Waals surface area contributed by atoms with Crippen molar-refractivity contribution in [2.75, 3.05) is 0 Å². The van der Waals surface area contributed by atoms with Crippen LogP contribution in [0.5, 0.6) is 0 Å². The fourth-order valence-corrected chi connectivity index (χ4v) is 8.09. The lowest BCUT2D eigenvalue weighted by molar-refractivity contribution is 0.575. The minimum Gasteiger partial charge on any atom is -0.456 e. The number of rotatable bonds is 6. The fourth-order valence-electron chi connectivity index (χ4n) is 8.09. The predicted octanol–water partition coefficient (Wildman–Crippen LogP) is 13.1. The normalized spacial score (nSPS) is 11.7. The van der Waals surface area contributed by atoms with Crippen molar-refractivity contribution in [1.29, 1.82) is 0 Å². The summed E-state index contributed by atoms with van der Waals surface area (Å²) < 4.78 is 17.1. The first-order chi connectivity index (χ1) is 26.8. The quantitative estimate of drug-likeness (QED) is 0.174. The van der Waals surface area contributed by atoms with Gasteiger partial charge in [-0.25, -0.2) is 4.98 Å². The van der Waals surface area contributed by atoms with Crippen LogP contribution >= 0.6 is 0 Å². The molecule has 11 rings (SSSR count). The molecular weight excluding hydrogens is 663 g/mol. The standard InChI is InChI=1S/C49H31N3O2/c1-4-12-32(13-5-1)42-31-51(48(33-14-6-2-7-15-33)47(42)49-50-26-27-53-49)37-22-25-46-41(30-37)40-29-35(21-24-45(40)54-46)34-20-23-44-39(28-34)38-18-10-11-19-43(38)52(44)36-16-8-3-9-17-36/h1-31H. The van der Waals surface area contributed by atoms with Gasteiger partial charge in [-0.1, -0.05) is 109 Å². The highest BCUT2D eigenvalue weighted by molar-refractivity contribution is 6.11. The van der Waals surface area contributed by atoms with Crippen LogP contribution in [0, 0.1) is 0 Å². The lowest BCUT2D eigenvalue weighted by atomic mass is 9.99. The zero-order valence-corrected chi connectivity index (χ0v) is 29.1. The van der Waals surface area contributed by atoms with E-state index in [0.29, 0.717) is 5.89 Å². The fraction of sp³-hybridized carbons (Fsp3) is 0. The van der Waals surface area contributed by atoms with Gasteiger partial charge in [0.1, 0.15) is 17.4 Å². The summed E-state index contributed by atoms with van der Waals surface area (Å²) in [6, 6.07) is 59.9. The van der Waals surface area contributed by atoms with Crippen molar-refractivity contribution in [3.05, 3.63) is 189 Å². The Bertz CT molecular complexity index is 3130. The molecule has 0 radical (unpaired) electrons. The number of oxazole rings is 1. The summed E-state index contributed by atoms with van der Waals surface area (Å²) in [4.78, 5) is 4.64. The Labute approximate surface area is 310 Å². The SMILES string of the molecule is c1ccc(-c2cn(-c3ccc4oc5ccc(-c6ccc7c(c6)c6ccccc6n7-c6ccccc6)cc5c4c3)c(-c3ccccc3)c2-c2ncco2)cc1. The molecule has 0 spiro atoms. The highest BCUT2D eigenvalue weighted by atomic mass is 16.3. The molecule has 0 saturated carbocycles. The minimum absolute atomic E-state index is 0.579. The smallest absolute Gasteiger partial charge is 0.228 e. The monoisotopic (exact) mass is 693 g/mol. The largest absolute Gasteiger partial charge is 0.456 e. The van der Waals surface area contributed by atoms with Crippen LogP contribution in [0.15, 0.2) is 197 Å². The van der Waals surface area contributed by atoms with E-state index in [4.69, 9.17) is 8.83 Å². The van der Waals surface area contributed by atoms with Gasteiger partial charge in [-0.2, -0.15) is 0 Å². The molecule has 0 N–H and O–H groups in total. The third-order valence-corrected chi connectivity index (χ3v) is 10.5. The molecule has 0 fully saturated rings. The van der Waals surface area contributed by atoms with Crippen molar-refractivity contribution in [1.82, 2.24) is 14.1 Å². The predicted molar refractivity (Wildman–Crippen MR) is 219 cm³/mol. The van der Waals surface area contributed by atoms with E-state index in [1.165, 1.54) is 21.8 Å². The molecule has 5 heteroatoms. The molecule has 0 unspecified atom stereocenters. The molecule has 0 saturated heterocycles. The van der Waals surface area contributed by atoms with Gasteiger partial charge >= 0.3 is 0 Å². The summed E-state index contributed by atoms with van der Waals surface area (Å²) in [6.45, 7) is 0. The first-order valence-electron chi connectivity index (χ1n) is 18.1. The van der Waals surface area contributed by atoms with E-state index in [1.54, 1.807) is 12.5 Å². The van der Waals surface area contributed by atoms with Crippen molar-refractivity contribution >= 4 is 43.7 Å². The third kappa shape index (κ3) is 4.76. The van der Waals surface area contributed by atoms with E-state index in [1.807, 2.05) is 12.1 Å². The summed E-state index contributed by atoms with van der Waals surface area (Å²) in [5, 5.41) is 4.58. The van der Waals surface area contributed by atoms with Crippen molar-refractivity contribution < 1.29 is 8.83 Å². The van der Waals surface area contributed by atoms with Gasteiger partial charge in [0.15, 0.2) is 0 Å². The second-order valence-corrected chi connectivity index (χ2v) is 13.6. The number of aromatic nitrogens is 3. The molecule has 7 aromatic carbocycles. The number of nitrogens with zero attached hydrogens (tertiary/aromatic N) is 3. The van der Waals surface area contributed by atoms with E-state index in [-0.39, 0.29) is 0 Å². The molecule has 54 heavy (non-hydrogen) atoms. The zero-order chi connectivity index (χ0) is 35.6. The highest BCUT2D eigenvalue weighted by Gasteiger charge is 2.24. The molecular formula is C49H31N3O2. The summed E-state index contributed by atoms with van der Waals surface area (Å²) >= 11 is 0. The van der Waals surface area contributed by atoms with Gasteiger partial charge in [0, 0.05) is 44.7 Å². The van der Waals surface area contributed by atoms with Crippen LogP contribution < -0.4 is 0 Å². The van der Waals surface area contributed by atoms with E-state index in [0.717, 1.165) is 72.4 Å². The molecule has 0 bridgehead atoms. The van der Waals surface area contributed by atoms with E-state index >= 15 is 0 Å². The number of para-hydroxylation sites is 2. The van der Waals surface area contributed by atoms with E-state index in [9.17, 15) is 0 Å².